The van der Waals surface area contributed by atoms with Crippen LogP contribution in [-0.4, -0.2) is 25.5 Å². The van der Waals surface area contributed by atoms with Crippen molar-refractivity contribution in [1.29, 1.82) is 0 Å². The molecule has 0 radical (unpaired) electrons. The van der Waals surface area contributed by atoms with Crippen molar-refractivity contribution in [3.8, 4) is 0 Å². The third-order valence-electron chi connectivity index (χ3n) is 0.959. The van der Waals surface area contributed by atoms with Crippen LogP contribution < -0.4 is 6.15 Å². The first-order chi connectivity index (χ1) is 3.27. The molecular formula is C6H19ClN2. The van der Waals surface area contributed by atoms with Crippen molar-refractivity contribution in [1.82, 2.24) is 11.1 Å². The maximum absolute atomic E-state index is 2.21. The summed E-state index contributed by atoms with van der Waals surface area (Å²) in [5.74, 6) is 0. The second-order valence-corrected chi connectivity index (χ2v) is 2.16. The minimum Gasteiger partial charge on any atom is -0.344 e. The van der Waals surface area contributed by atoms with E-state index >= 15 is 0 Å². The molecule has 3 N–H and O–H groups in total. The van der Waals surface area contributed by atoms with E-state index < -0.39 is 0 Å². The molecule has 0 unspecified atom stereocenters. The Bertz CT molecular complexity index is 40.0. The zero-order valence-electron chi connectivity index (χ0n) is 6.68. The Morgan fingerprint density at radius 1 is 1.22 bits per heavy atom. The van der Waals surface area contributed by atoms with Gasteiger partial charge < -0.3 is 11.1 Å². The summed E-state index contributed by atoms with van der Waals surface area (Å²) in [6.07, 6.45) is 2.63. The molecule has 2 nitrogen and oxygen atoms in total. The minimum atomic E-state index is 0. The highest BCUT2D eigenvalue weighted by Gasteiger charge is 1.83. The standard InChI is InChI=1S/C6H15N.ClH.H3N/c1-4-5-6-7(2)3;;/h4-6H2,1-3H3;1H;1H3. The quantitative estimate of drug-likeness (QED) is 0.675. The average Bonchev–Trinajstić information content (AvgIpc) is 1.61. The number of hydrogen-bond acceptors (Lipinski definition) is 2. The van der Waals surface area contributed by atoms with E-state index in [9.17, 15) is 0 Å². The van der Waals surface area contributed by atoms with Crippen LogP contribution in [0.1, 0.15) is 19.8 Å². The first-order valence-corrected chi connectivity index (χ1v) is 2.92. The number of nitrogens with zero attached hydrogens (tertiary/aromatic N) is 1. The molecule has 3 heteroatoms. The molecule has 0 rings (SSSR count). The second kappa shape index (κ2) is 11.1. The summed E-state index contributed by atoms with van der Waals surface area (Å²) >= 11 is 0. The van der Waals surface area contributed by atoms with Gasteiger partial charge in [0.25, 0.3) is 0 Å². The first-order valence-electron chi connectivity index (χ1n) is 2.92. The molecule has 9 heavy (non-hydrogen) atoms. The lowest BCUT2D eigenvalue weighted by Crippen LogP contribution is -2.12. The Morgan fingerprint density at radius 3 is 1.78 bits per heavy atom. The van der Waals surface area contributed by atoms with Crippen molar-refractivity contribution < 1.29 is 0 Å². The second-order valence-electron chi connectivity index (χ2n) is 2.16. The average molecular weight is 155 g/mol. The molecule has 0 saturated heterocycles. The zero-order chi connectivity index (χ0) is 5.70. The number of hydrogen-bond donors (Lipinski definition) is 1. The van der Waals surface area contributed by atoms with E-state index in [1.54, 1.807) is 0 Å². The summed E-state index contributed by atoms with van der Waals surface area (Å²) in [6.45, 7) is 3.44. The fourth-order valence-electron chi connectivity index (χ4n) is 0.474. The lowest BCUT2D eigenvalue weighted by atomic mass is 10.3. The van der Waals surface area contributed by atoms with Crippen LogP contribution in [0, 0.1) is 0 Å². The molecule has 60 valence electrons. The number of unbranched alkanes of at least 4 members (excludes halogenated alkanes) is 1. The lowest BCUT2D eigenvalue weighted by Gasteiger charge is -2.05. The Morgan fingerprint density at radius 2 is 1.67 bits per heavy atom. The summed E-state index contributed by atoms with van der Waals surface area (Å²) in [6, 6.07) is 0. The van der Waals surface area contributed by atoms with Gasteiger partial charge in [-0.15, -0.1) is 12.4 Å². The van der Waals surface area contributed by atoms with Crippen molar-refractivity contribution in [3.05, 3.63) is 0 Å². The Hall–Kier alpha value is 0.210. The fraction of sp³-hybridized carbons (Fsp3) is 1.00. The predicted octanol–water partition coefficient (Wildman–Crippen LogP) is 1.93. The maximum atomic E-state index is 2.21. The highest BCUT2D eigenvalue weighted by atomic mass is 35.5. The molecule has 0 spiro atoms. The molecule has 0 aromatic carbocycles. The predicted molar refractivity (Wildman–Crippen MR) is 45.7 cm³/mol. The summed E-state index contributed by atoms with van der Waals surface area (Å²) in [7, 11) is 4.21. The summed E-state index contributed by atoms with van der Waals surface area (Å²) in [4.78, 5) is 2.21. The van der Waals surface area contributed by atoms with Gasteiger partial charge in [-0.2, -0.15) is 0 Å². The molecule has 0 aliphatic heterocycles. The monoisotopic (exact) mass is 154 g/mol. The minimum absolute atomic E-state index is 0. The van der Waals surface area contributed by atoms with Crippen LogP contribution in [-0.2, 0) is 0 Å². The third kappa shape index (κ3) is 17.9. The smallest absolute Gasteiger partial charge is 0.00249 e. The molecule has 0 fully saturated rings. The molecule has 0 aromatic heterocycles. The van der Waals surface area contributed by atoms with Gasteiger partial charge in [-0.25, -0.2) is 0 Å². The summed E-state index contributed by atoms with van der Waals surface area (Å²) < 4.78 is 0. The largest absolute Gasteiger partial charge is 0.344 e. The maximum Gasteiger partial charge on any atom is -0.00249 e. The number of rotatable bonds is 3. The van der Waals surface area contributed by atoms with Gasteiger partial charge in [0, 0.05) is 0 Å². The van der Waals surface area contributed by atoms with Gasteiger partial charge in [-0.3, -0.25) is 0 Å². The van der Waals surface area contributed by atoms with Crippen molar-refractivity contribution in [2.75, 3.05) is 20.6 Å². The molecule has 0 bridgehead atoms. The van der Waals surface area contributed by atoms with Crippen LogP contribution in [0.4, 0.5) is 0 Å². The Labute approximate surface area is 64.6 Å². The van der Waals surface area contributed by atoms with Gasteiger partial charge in [0.05, 0.1) is 0 Å². The van der Waals surface area contributed by atoms with Gasteiger partial charge in [-0.1, -0.05) is 13.3 Å². The molecule has 0 heterocycles. The zero-order valence-corrected chi connectivity index (χ0v) is 7.50. The van der Waals surface area contributed by atoms with Crippen molar-refractivity contribution >= 4 is 12.4 Å². The van der Waals surface area contributed by atoms with E-state index in [0.29, 0.717) is 0 Å². The number of halogens is 1. The van der Waals surface area contributed by atoms with Gasteiger partial charge in [-0.05, 0) is 27.1 Å². The van der Waals surface area contributed by atoms with Gasteiger partial charge >= 0.3 is 0 Å². The fourth-order valence-corrected chi connectivity index (χ4v) is 0.474. The van der Waals surface area contributed by atoms with Crippen LogP contribution in [0.2, 0.25) is 0 Å². The van der Waals surface area contributed by atoms with Crippen molar-refractivity contribution in [2.24, 2.45) is 0 Å². The highest BCUT2D eigenvalue weighted by Crippen LogP contribution is 1.86. The van der Waals surface area contributed by atoms with E-state index in [1.165, 1.54) is 19.4 Å². The lowest BCUT2D eigenvalue weighted by molar-refractivity contribution is 0.398. The van der Waals surface area contributed by atoms with Crippen LogP contribution >= 0.6 is 12.4 Å². The first kappa shape index (κ1) is 16.1. The molecule has 0 aromatic rings. The van der Waals surface area contributed by atoms with Gasteiger partial charge in [0.15, 0.2) is 0 Å². The van der Waals surface area contributed by atoms with Gasteiger partial charge in [0.1, 0.15) is 0 Å². The molecule has 0 aliphatic rings. The summed E-state index contributed by atoms with van der Waals surface area (Å²) in [5, 5.41) is 0. The Balaban J connectivity index is -0.000000180. The topological polar surface area (TPSA) is 38.2 Å². The van der Waals surface area contributed by atoms with Crippen LogP contribution in [0.3, 0.4) is 0 Å². The van der Waals surface area contributed by atoms with E-state index in [1.807, 2.05) is 0 Å². The molecule has 0 aliphatic carbocycles. The van der Waals surface area contributed by atoms with Crippen LogP contribution in [0.5, 0.6) is 0 Å². The van der Waals surface area contributed by atoms with Crippen molar-refractivity contribution in [3.63, 3.8) is 0 Å². The highest BCUT2D eigenvalue weighted by molar-refractivity contribution is 5.85. The third-order valence-corrected chi connectivity index (χ3v) is 0.959. The van der Waals surface area contributed by atoms with E-state index in [4.69, 9.17) is 0 Å². The van der Waals surface area contributed by atoms with Crippen LogP contribution in [0.15, 0.2) is 0 Å². The molecule has 0 saturated carbocycles. The van der Waals surface area contributed by atoms with Crippen LogP contribution in [0.25, 0.3) is 0 Å². The van der Waals surface area contributed by atoms with E-state index in [-0.39, 0.29) is 18.6 Å². The molecular weight excluding hydrogens is 136 g/mol. The van der Waals surface area contributed by atoms with Crippen molar-refractivity contribution in [2.45, 2.75) is 19.8 Å². The van der Waals surface area contributed by atoms with E-state index in [2.05, 4.69) is 25.9 Å². The SMILES string of the molecule is CCCCN(C)C.Cl.N. The summed E-state index contributed by atoms with van der Waals surface area (Å²) in [5.41, 5.74) is 0. The normalized spacial score (nSPS) is 8.00. The Kier molecular flexibility index (Phi) is 19.8. The molecule has 0 atom stereocenters. The van der Waals surface area contributed by atoms with Gasteiger partial charge in [0.2, 0.25) is 0 Å². The molecule has 0 amide bonds. The van der Waals surface area contributed by atoms with E-state index in [0.717, 1.165) is 0 Å².